The Morgan fingerprint density at radius 2 is 1.75 bits per heavy atom. The molecule has 2 aliphatic carbocycles. The first-order valence-electron chi connectivity index (χ1n) is 7.39. The van der Waals surface area contributed by atoms with Crippen LogP contribution in [0.2, 0.25) is 0 Å². The molecule has 0 aromatic carbocycles. The average Bonchev–Trinajstić information content (AvgIpc) is 2.71. The van der Waals surface area contributed by atoms with E-state index in [4.69, 9.17) is 4.74 Å². The zero-order chi connectivity index (χ0) is 11.4. The van der Waals surface area contributed by atoms with Gasteiger partial charge in [-0.2, -0.15) is 0 Å². The van der Waals surface area contributed by atoms with Crippen LogP contribution in [0.15, 0.2) is 0 Å². The molecule has 0 aromatic rings. The minimum absolute atomic E-state index is 0.479. The van der Waals surface area contributed by atoms with E-state index in [1.54, 1.807) is 0 Å². The smallest absolute Gasteiger partial charge is 0.0579 e. The molecule has 16 heavy (non-hydrogen) atoms. The lowest BCUT2D eigenvalue weighted by Crippen LogP contribution is -2.30. The van der Waals surface area contributed by atoms with Crippen molar-refractivity contribution >= 4 is 0 Å². The van der Waals surface area contributed by atoms with Gasteiger partial charge in [0.05, 0.1) is 12.2 Å². The molecule has 2 rings (SSSR count). The SMILES string of the molecule is CCCC(C)OC1CCC2(CCCC2)CC1. The van der Waals surface area contributed by atoms with E-state index in [0.29, 0.717) is 12.2 Å². The molecule has 1 nitrogen and oxygen atoms in total. The first kappa shape index (κ1) is 12.4. The molecule has 0 aliphatic heterocycles. The monoisotopic (exact) mass is 224 g/mol. The highest BCUT2D eigenvalue weighted by Crippen LogP contribution is 2.49. The summed E-state index contributed by atoms with van der Waals surface area (Å²) in [6.07, 6.45) is 15.0. The maximum absolute atomic E-state index is 6.13. The first-order chi connectivity index (χ1) is 7.74. The fraction of sp³-hybridized carbons (Fsp3) is 1.00. The van der Waals surface area contributed by atoms with Gasteiger partial charge in [-0.1, -0.05) is 26.2 Å². The Balaban J connectivity index is 1.72. The predicted octanol–water partition coefficient (Wildman–Crippen LogP) is 4.69. The number of hydrogen-bond acceptors (Lipinski definition) is 1. The predicted molar refractivity (Wildman–Crippen MR) is 68.6 cm³/mol. The number of ether oxygens (including phenoxy) is 1. The van der Waals surface area contributed by atoms with Crippen LogP contribution in [0.5, 0.6) is 0 Å². The molecule has 0 amide bonds. The van der Waals surface area contributed by atoms with Gasteiger partial charge in [0.2, 0.25) is 0 Å². The topological polar surface area (TPSA) is 9.23 Å². The minimum Gasteiger partial charge on any atom is -0.375 e. The van der Waals surface area contributed by atoms with E-state index in [1.807, 2.05) is 0 Å². The Labute approximate surface area is 101 Å². The number of hydrogen-bond donors (Lipinski definition) is 0. The molecule has 0 aromatic heterocycles. The third-order valence-corrected chi connectivity index (χ3v) is 4.78. The fourth-order valence-corrected chi connectivity index (χ4v) is 3.77. The summed E-state index contributed by atoms with van der Waals surface area (Å²) in [6, 6.07) is 0. The highest BCUT2D eigenvalue weighted by molar-refractivity contribution is 4.89. The van der Waals surface area contributed by atoms with Crippen molar-refractivity contribution in [2.45, 2.75) is 90.3 Å². The van der Waals surface area contributed by atoms with Crippen LogP contribution >= 0.6 is 0 Å². The molecule has 1 heteroatoms. The average molecular weight is 224 g/mol. The lowest BCUT2D eigenvalue weighted by molar-refractivity contribution is -0.0446. The van der Waals surface area contributed by atoms with Crippen LogP contribution in [0.25, 0.3) is 0 Å². The van der Waals surface area contributed by atoms with E-state index in [9.17, 15) is 0 Å². The second-order valence-electron chi connectivity index (χ2n) is 6.14. The van der Waals surface area contributed by atoms with Crippen LogP contribution < -0.4 is 0 Å². The summed E-state index contributed by atoms with van der Waals surface area (Å²) in [4.78, 5) is 0. The lowest BCUT2D eigenvalue weighted by atomic mass is 9.72. The maximum atomic E-state index is 6.13. The van der Waals surface area contributed by atoms with Crippen LogP contribution in [-0.2, 0) is 4.74 Å². The van der Waals surface area contributed by atoms with Crippen molar-refractivity contribution in [3.63, 3.8) is 0 Å². The third kappa shape index (κ3) is 3.00. The second kappa shape index (κ2) is 5.53. The van der Waals surface area contributed by atoms with Crippen molar-refractivity contribution < 1.29 is 4.74 Å². The Hall–Kier alpha value is -0.0400. The zero-order valence-electron chi connectivity index (χ0n) is 11.1. The van der Waals surface area contributed by atoms with Gasteiger partial charge in [-0.05, 0) is 57.3 Å². The normalized spacial score (nSPS) is 27.4. The summed E-state index contributed by atoms with van der Waals surface area (Å²) in [5.41, 5.74) is 0.758. The molecule has 2 fully saturated rings. The molecule has 0 heterocycles. The molecule has 1 unspecified atom stereocenters. The zero-order valence-corrected chi connectivity index (χ0v) is 11.1. The maximum Gasteiger partial charge on any atom is 0.0579 e. The molecular weight excluding hydrogens is 196 g/mol. The van der Waals surface area contributed by atoms with Crippen molar-refractivity contribution in [2.24, 2.45) is 5.41 Å². The van der Waals surface area contributed by atoms with Gasteiger partial charge in [0.1, 0.15) is 0 Å². The molecule has 2 saturated carbocycles. The van der Waals surface area contributed by atoms with E-state index < -0.39 is 0 Å². The van der Waals surface area contributed by atoms with Gasteiger partial charge in [-0.15, -0.1) is 0 Å². The van der Waals surface area contributed by atoms with Crippen LogP contribution in [0, 0.1) is 5.41 Å². The third-order valence-electron chi connectivity index (χ3n) is 4.78. The number of rotatable bonds is 4. The molecule has 94 valence electrons. The molecule has 0 bridgehead atoms. The van der Waals surface area contributed by atoms with Gasteiger partial charge in [0.15, 0.2) is 0 Å². The lowest BCUT2D eigenvalue weighted by Gasteiger charge is -2.38. The van der Waals surface area contributed by atoms with Crippen LogP contribution in [0.3, 0.4) is 0 Å². The van der Waals surface area contributed by atoms with Crippen molar-refractivity contribution in [1.29, 1.82) is 0 Å². The molecule has 0 radical (unpaired) electrons. The molecular formula is C15H28O. The van der Waals surface area contributed by atoms with E-state index in [1.165, 1.54) is 64.2 Å². The largest absolute Gasteiger partial charge is 0.375 e. The molecule has 1 spiro atoms. The summed E-state index contributed by atoms with van der Waals surface area (Å²) in [5, 5.41) is 0. The molecule has 0 N–H and O–H groups in total. The van der Waals surface area contributed by atoms with Crippen molar-refractivity contribution in [1.82, 2.24) is 0 Å². The Morgan fingerprint density at radius 1 is 1.12 bits per heavy atom. The van der Waals surface area contributed by atoms with Crippen molar-refractivity contribution in [2.75, 3.05) is 0 Å². The van der Waals surface area contributed by atoms with Gasteiger partial charge < -0.3 is 4.74 Å². The van der Waals surface area contributed by atoms with E-state index in [2.05, 4.69) is 13.8 Å². The van der Waals surface area contributed by atoms with E-state index in [-0.39, 0.29) is 0 Å². The van der Waals surface area contributed by atoms with E-state index >= 15 is 0 Å². The molecule has 2 aliphatic rings. The summed E-state index contributed by atoms with van der Waals surface area (Å²) >= 11 is 0. The van der Waals surface area contributed by atoms with Gasteiger partial charge in [0, 0.05) is 0 Å². The second-order valence-corrected chi connectivity index (χ2v) is 6.14. The Morgan fingerprint density at radius 3 is 2.31 bits per heavy atom. The van der Waals surface area contributed by atoms with Gasteiger partial charge >= 0.3 is 0 Å². The van der Waals surface area contributed by atoms with Crippen molar-refractivity contribution in [3.05, 3.63) is 0 Å². The van der Waals surface area contributed by atoms with Crippen LogP contribution in [0.1, 0.15) is 78.1 Å². The highest BCUT2D eigenvalue weighted by Gasteiger charge is 2.37. The van der Waals surface area contributed by atoms with Crippen LogP contribution in [0.4, 0.5) is 0 Å². The highest BCUT2D eigenvalue weighted by atomic mass is 16.5. The van der Waals surface area contributed by atoms with Crippen LogP contribution in [-0.4, -0.2) is 12.2 Å². The quantitative estimate of drug-likeness (QED) is 0.673. The molecule has 0 saturated heterocycles. The van der Waals surface area contributed by atoms with Gasteiger partial charge in [-0.3, -0.25) is 0 Å². The van der Waals surface area contributed by atoms with Gasteiger partial charge in [0.25, 0.3) is 0 Å². The summed E-state index contributed by atoms with van der Waals surface area (Å²) < 4.78 is 6.13. The minimum atomic E-state index is 0.479. The molecule has 1 atom stereocenters. The standard InChI is InChI=1S/C15H28O/c1-3-6-13(2)16-14-7-11-15(12-8-14)9-4-5-10-15/h13-14H,3-12H2,1-2H3. The van der Waals surface area contributed by atoms with E-state index in [0.717, 1.165) is 5.41 Å². The first-order valence-corrected chi connectivity index (χ1v) is 7.39. The fourth-order valence-electron chi connectivity index (χ4n) is 3.77. The summed E-state index contributed by atoms with van der Waals surface area (Å²) in [5.74, 6) is 0. The Kier molecular flexibility index (Phi) is 4.29. The van der Waals surface area contributed by atoms with Gasteiger partial charge in [-0.25, -0.2) is 0 Å². The summed E-state index contributed by atoms with van der Waals surface area (Å²) in [7, 11) is 0. The van der Waals surface area contributed by atoms with Crippen molar-refractivity contribution in [3.8, 4) is 0 Å². The summed E-state index contributed by atoms with van der Waals surface area (Å²) in [6.45, 7) is 4.48. The Bertz CT molecular complexity index is 195.